The average molecular weight is 360 g/mol. The molecule has 4 rings (SSSR count). The van der Waals surface area contributed by atoms with Gasteiger partial charge >= 0.3 is 6.18 Å². The van der Waals surface area contributed by atoms with Gasteiger partial charge in [0.1, 0.15) is 10.7 Å². The van der Waals surface area contributed by atoms with Crippen molar-refractivity contribution >= 4 is 28.3 Å². The van der Waals surface area contributed by atoms with Crippen LogP contribution >= 0.6 is 11.8 Å². The van der Waals surface area contributed by atoms with Gasteiger partial charge in [0, 0.05) is 23.5 Å². The topological polar surface area (TPSA) is 43.1 Å². The van der Waals surface area contributed by atoms with Crippen LogP contribution in [-0.2, 0) is 11.9 Å². The van der Waals surface area contributed by atoms with Gasteiger partial charge in [0.2, 0.25) is 5.82 Å². The first-order valence-electron chi connectivity index (χ1n) is 7.40. The molecule has 3 heterocycles. The van der Waals surface area contributed by atoms with Gasteiger partial charge in [0.05, 0.1) is 11.2 Å². The lowest BCUT2D eigenvalue weighted by atomic mass is 10.2. The monoisotopic (exact) mass is 360 g/mol. The van der Waals surface area contributed by atoms with Gasteiger partial charge < -0.3 is 4.40 Å². The molecule has 4 aromatic rings. The number of fused-ring (bicyclic) bond motifs is 2. The molecule has 0 atom stereocenters. The third-order valence-corrected chi connectivity index (χ3v) is 4.62. The van der Waals surface area contributed by atoms with Crippen LogP contribution in [0.1, 0.15) is 11.5 Å². The molecule has 0 saturated heterocycles. The molecule has 126 valence electrons. The molecule has 0 bridgehead atoms. The Morgan fingerprint density at radius 1 is 0.960 bits per heavy atom. The number of halogens is 3. The minimum absolute atomic E-state index is 0.280. The number of pyridine rings is 1. The summed E-state index contributed by atoms with van der Waals surface area (Å²) in [6, 6.07) is 12.3. The second kappa shape index (κ2) is 6.03. The van der Waals surface area contributed by atoms with E-state index in [1.807, 2.05) is 35.0 Å². The molecule has 0 unspecified atom stereocenters. The van der Waals surface area contributed by atoms with Gasteiger partial charge in [0.25, 0.3) is 0 Å². The van der Waals surface area contributed by atoms with Crippen molar-refractivity contribution in [1.29, 1.82) is 0 Å². The fraction of sp³-hybridized carbons (Fsp3) is 0.118. The molecule has 0 spiro atoms. The molecular weight excluding hydrogens is 349 g/mol. The number of rotatable bonds is 3. The van der Waals surface area contributed by atoms with Crippen molar-refractivity contribution in [1.82, 2.24) is 19.4 Å². The first-order valence-corrected chi connectivity index (χ1v) is 8.39. The lowest BCUT2D eigenvalue weighted by Crippen LogP contribution is -2.11. The SMILES string of the molecule is FC(F)(F)c1nc(SCc2cn3ccccc3n2)c2ccccc2n1. The summed E-state index contributed by atoms with van der Waals surface area (Å²) >= 11 is 1.22. The van der Waals surface area contributed by atoms with Crippen LogP contribution in [0.25, 0.3) is 16.6 Å². The highest BCUT2D eigenvalue weighted by Gasteiger charge is 2.35. The lowest BCUT2D eigenvalue weighted by molar-refractivity contribution is -0.145. The van der Waals surface area contributed by atoms with Crippen molar-refractivity contribution in [3.63, 3.8) is 0 Å². The molecule has 3 aromatic heterocycles. The normalized spacial score (nSPS) is 12.1. The highest BCUT2D eigenvalue weighted by molar-refractivity contribution is 7.98. The highest BCUT2D eigenvalue weighted by Crippen LogP contribution is 2.33. The summed E-state index contributed by atoms with van der Waals surface area (Å²) in [5.74, 6) is -0.705. The maximum absolute atomic E-state index is 13.0. The molecule has 8 heteroatoms. The third-order valence-electron chi connectivity index (χ3n) is 3.59. The van der Waals surface area contributed by atoms with E-state index in [9.17, 15) is 13.2 Å². The van der Waals surface area contributed by atoms with Gasteiger partial charge in [-0.15, -0.1) is 0 Å². The fourth-order valence-corrected chi connectivity index (χ4v) is 3.39. The third kappa shape index (κ3) is 3.17. The standard InChI is InChI=1S/C17H11F3N4S/c18-17(19,20)16-22-13-6-2-1-5-12(13)15(23-16)25-10-11-9-24-8-4-3-7-14(24)21-11/h1-9H,10H2. The second-order valence-electron chi connectivity index (χ2n) is 5.35. The summed E-state index contributed by atoms with van der Waals surface area (Å²) in [5.41, 5.74) is 1.84. The predicted octanol–water partition coefficient (Wildman–Crippen LogP) is 4.59. The van der Waals surface area contributed by atoms with Crippen LogP contribution in [0.5, 0.6) is 0 Å². The molecule has 0 aliphatic rings. The number of imidazole rings is 1. The van der Waals surface area contributed by atoms with Crippen LogP contribution in [0.3, 0.4) is 0 Å². The molecule has 4 nitrogen and oxygen atoms in total. The second-order valence-corrected chi connectivity index (χ2v) is 6.32. The number of para-hydroxylation sites is 1. The average Bonchev–Trinajstić information content (AvgIpc) is 3.01. The quantitative estimate of drug-likeness (QED) is 0.396. The van der Waals surface area contributed by atoms with Crippen LogP contribution in [0.2, 0.25) is 0 Å². The van der Waals surface area contributed by atoms with Crippen molar-refractivity contribution < 1.29 is 13.2 Å². The molecule has 1 aromatic carbocycles. The first kappa shape index (κ1) is 15.9. The van der Waals surface area contributed by atoms with Crippen molar-refractivity contribution in [3.05, 3.63) is 66.4 Å². The number of hydrogen-bond acceptors (Lipinski definition) is 4. The molecule has 25 heavy (non-hydrogen) atoms. The van der Waals surface area contributed by atoms with Crippen molar-refractivity contribution in [2.45, 2.75) is 17.0 Å². The summed E-state index contributed by atoms with van der Waals surface area (Å²) < 4.78 is 41.0. The fourth-order valence-electron chi connectivity index (χ4n) is 2.48. The number of thioether (sulfide) groups is 1. The zero-order valence-corrected chi connectivity index (χ0v) is 13.6. The minimum Gasteiger partial charge on any atom is -0.307 e. The number of hydrogen-bond donors (Lipinski definition) is 0. The Hall–Kier alpha value is -2.61. The minimum atomic E-state index is -4.58. The Morgan fingerprint density at radius 2 is 1.76 bits per heavy atom. The van der Waals surface area contributed by atoms with E-state index in [0.29, 0.717) is 16.2 Å². The smallest absolute Gasteiger partial charge is 0.307 e. The van der Waals surface area contributed by atoms with Gasteiger partial charge in [0.15, 0.2) is 0 Å². The van der Waals surface area contributed by atoms with Gasteiger partial charge in [-0.3, -0.25) is 0 Å². The molecule has 0 aliphatic carbocycles. The maximum Gasteiger partial charge on any atom is 0.451 e. The zero-order chi connectivity index (χ0) is 17.4. The number of nitrogens with zero attached hydrogens (tertiary/aromatic N) is 4. The summed E-state index contributed by atoms with van der Waals surface area (Å²) in [6.07, 6.45) is -0.850. The van der Waals surface area contributed by atoms with Gasteiger partial charge in [-0.25, -0.2) is 15.0 Å². The lowest BCUT2D eigenvalue weighted by Gasteiger charge is -2.09. The molecule has 0 radical (unpaired) electrons. The van der Waals surface area contributed by atoms with Crippen LogP contribution in [-0.4, -0.2) is 19.4 Å². The predicted molar refractivity (Wildman–Crippen MR) is 89.3 cm³/mol. The molecule has 0 N–H and O–H groups in total. The van der Waals surface area contributed by atoms with E-state index in [2.05, 4.69) is 15.0 Å². The summed E-state index contributed by atoms with van der Waals surface area (Å²) in [6.45, 7) is 0. The van der Waals surface area contributed by atoms with Crippen LogP contribution in [0, 0.1) is 0 Å². The van der Waals surface area contributed by atoms with Gasteiger partial charge in [-0.2, -0.15) is 13.2 Å². The Balaban J connectivity index is 1.70. The van der Waals surface area contributed by atoms with Crippen molar-refractivity contribution in [2.24, 2.45) is 0 Å². The largest absolute Gasteiger partial charge is 0.451 e. The molecular formula is C17H11F3N4S. The van der Waals surface area contributed by atoms with Gasteiger partial charge in [-0.1, -0.05) is 36.0 Å². The van der Waals surface area contributed by atoms with E-state index in [-0.39, 0.29) is 5.52 Å². The van der Waals surface area contributed by atoms with E-state index < -0.39 is 12.0 Å². The van der Waals surface area contributed by atoms with Crippen LogP contribution in [0.15, 0.2) is 59.9 Å². The summed E-state index contributed by atoms with van der Waals surface area (Å²) in [7, 11) is 0. The first-order chi connectivity index (χ1) is 12.0. The van der Waals surface area contributed by atoms with Crippen molar-refractivity contribution in [2.75, 3.05) is 0 Å². The maximum atomic E-state index is 13.0. The molecule has 0 saturated carbocycles. The molecule has 0 amide bonds. The van der Waals surface area contributed by atoms with E-state index in [1.54, 1.807) is 24.3 Å². The molecule has 0 fully saturated rings. The van der Waals surface area contributed by atoms with E-state index in [0.717, 1.165) is 11.3 Å². The summed E-state index contributed by atoms with van der Waals surface area (Å²) in [5, 5.41) is 0.902. The Morgan fingerprint density at radius 3 is 2.56 bits per heavy atom. The van der Waals surface area contributed by atoms with E-state index >= 15 is 0 Å². The Bertz CT molecular complexity index is 1030. The summed E-state index contributed by atoms with van der Waals surface area (Å²) in [4.78, 5) is 11.8. The van der Waals surface area contributed by atoms with E-state index in [1.165, 1.54) is 11.8 Å². The zero-order valence-electron chi connectivity index (χ0n) is 12.7. The van der Waals surface area contributed by atoms with Crippen molar-refractivity contribution in [3.8, 4) is 0 Å². The number of alkyl halides is 3. The van der Waals surface area contributed by atoms with Gasteiger partial charge in [-0.05, 0) is 18.2 Å². The number of benzene rings is 1. The van der Waals surface area contributed by atoms with E-state index in [4.69, 9.17) is 0 Å². The Kier molecular flexibility index (Phi) is 3.84. The van der Waals surface area contributed by atoms with Crippen LogP contribution < -0.4 is 0 Å². The van der Waals surface area contributed by atoms with Crippen LogP contribution in [0.4, 0.5) is 13.2 Å². The number of aromatic nitrogens is 4. The highest BCUT2D eigenvalue weighted by atomic mass is 32.2. The molecule has 0 aliphatic heterocycles. The Labute approximate surface area is 144 Å².